The second kappa shape index (κ2) is 5.52. The number of aryl methyl sites for hydroxylation is 1. The first-order chi connectivity index (χ1) is 11.6. The fourth-order valence-corrected chi connectivity index (χ4v) is 2.73. The van der Waals surface area contributed by atoms with E-state index in [1.165, 1.54) is 0 Å². The highest BCUT2D eigenvalue weighted by molar-refractivity contribution is 5.81. The van der Waals surface area contributed by atoms with Gasteiger partial charge in [-0.05, 0) is 45.0 Å². The summed E-state index contributed by atoms with van der Waals surface area (Å²) in [5.41, 5.74) is 3.52. The molecule has 0 amide bonds. The van der Waals surface area contributed by atoms with Crippen LogP contribution < -0.4 is 0 Å². The van der Waals surface area contributed by atoms with Crippen LogP contribution in [0.25, 0.3) is 28.4 Å². The lowest BCUT2D eigenvalue weighted by Crippen LogP contribution is -2.06. The molecule has 0 aromatic carbocycles. The van der Waals surface area contributed by atoms with Crippen molar-refractivity contribution in [3.63, 3.8) is 0 Å². The van der Waals surface area contributed by atoms with Crippen LogP contribution in [-0.2, 0) is 0 Å². The van der Waals surface area contributed by atoms with Crippen LogP contribution in [0.2, 0.25) is 0 Å². The molecule has 0 aliphatic heterocycles. The van der Waals surface area contributed by atoms with Crippen molar-refractivity contribution in [2.75, 3.05) is 0 Å². The van der Waals surface area contributed by atoms with E-state index in [4.69, 9.17) is 4.98 Å². The largest absolute Gasteiger partial charge is 0.251 e. The summed E-state index contributed by atoms with van der Waals surface area (Å²) < 4.78 is 3.64. The third-order valence-electron chi connectivity index (χ3n) is 3.88. The van der Waals surface area contributed by atoms with Crippen molar-refractivity contribution in [2.24, 2.45) is 0 Å². The molecule has 0 saturated carbocycles. The zero-order valence-electron chi connectivity index (χ0n) is 13.7. The maximum absolute atomic E-state index is 4.83. The lowest BCUT2D eigenvalue weighted by atomic mass is 10.2. The normalized spacial score (nSPS) is 11.5. The molecule has 0 spiro atoms. The van der Waals surface area contributed by atoms with Gasteiger partial charge in [0.05, 0.1) is 23.3 Å². The molecule has 0 unspecified atom stereocenters. The van der Waals surface area contributed by atoms with Crippen LogP contribution in [0.5, 0.6) is 0 Å². The summed E-state index contributed by atoms with van der Waals surface area (Å²) in [4.78, 5) is 13.4. The van der Waals surface area contributed by atoms with Crippen LogP contribution in [0.3, 0.4) is 0 Å². The fourth-order valence-electron chi connectivity index (χ4n) is 2.73. The van der Waals surface area contributed by atoms with Gasteiger partial charge in [-0.1, -0.05) is 0 Å². The van der Waals surface area contributed by atoms with Crippen molar-refractivity contribution in [2.45, 2.75) is 26.8 Å². The lowest BCUT2D eigenvalue weighted by molar-refractivity contribution is 0.543. The Morgan fingerprint density at radius 3 is 2.54 bits per heavy atom. The molecular weight excluding hydrogens is 302 g/mol. The van der Waals surface area contributed by atoms with Crippen LogP contribution >= 0.6 is 0 Å². The Bertz CT molecular complexity index is 998. The highest BCUT2D eigenvalue weighted by Gasteiger charge is 2.15. The molecule has 24 heavy (non-hydrogen) atoms. The molecule has 0 atom stereocenters. The van der Waals surface area contributed by atoms with E-state index >= 15 is 0 Å². The van der Waals surface area contributed by atoms with Gasteiger partial charge < -0.3 is 0 Å². The van der Waals surface area contributed by atoms with E-state index in [1.54, 1.807) is 29.3 Å². The molecule has 0 saturated heterocycles. The molecule has 7 heteroatoms. The molecule has 4 aromatic rings. The third-order valence-corrected chi connectivity index (χ3v) is 3.88. The van der Waals surface area contributed by atoms with Gasteiger partial charge in [0.1, 0.15) is 0 Å². The third kappa shape index (κ3) is 2.25. The van der Waals surface area contributed by atoms with E-state index < -0.39 is 0 Å². The van der Waals surface area contributed by atoms with Gasteiger partial charge in [-0.25, -0.2) is 19.6 Å². The average molecular weight is 319 g/mol. The number of pyridine rings is 1. The topological polar surface area (TPSA) is 74.3 Å². The molecular formula is C17H17N7. The van der Waals surface area contributed by atoms with E-state index in [2.05, 4.69) is 40.1 Å². The monoisotopic (exact) mass is 319 g/mol. The highest BCUT2D eigenvalue weighted by Crippen LogP contribution is 2.25. The molecule has 0 radical (unpaired) electrons. The number of hydrogen-bond acceptors (Lipinski definition) is 5. The number of nitrogens with zero attached hydrogens (tertiary/aromatic N) is 7. The predicted molar refractivity (Wildman–Crippen MR) is 90.8 cm³/mol. The Labute approximate surface area is 139 Å². The van der Waals surface area contributed by atoms with Gasteiger partial charge in [-0.15, -0.1) is 0 Å². The number of aromatic nitrogens is 7. The Hall–Kier alpha value is -3.09. The van der Waals surface area contributed by atoms with Gasteiger partial charge in [-0.2, -0.15) is 14.9 Å². The number of fused-ring (bicyclic) bond motifs is 1. The zero-order valence-corrected chi connectivity index (χ0v) is 13.7. The maximum atomic E-state index is 4.83. The number of rotatable bonds is 3. The van der Waals surface area contributed by atoms with Crippen molar-refractivity contribution in [1.82, 2.24) is 34.5 Å². The molecule has 7 nitrogen and oxygen atoms in total. The Balaban J connectivity index is 1.90. The average Bonchev–Trinajstić information content (AvgIpc) is 3.20. The summed E-state index contributed by atoms with van der Waals surface area (Å²) in [5.74, 6) is 0.521. The minimum atomic E-state index is 0.242. The van der Waals surface area contributed by atoms with Crippen LogP contribution in [0, 0.1) is 6.92 Å². The van der Waals surface area contributed by atoms with E-state index in [-0.39, 0.29) is 6.04 Å². The zero-order chi connectivity index (χ0) is 16.7. The summed E-state index contributed by atoms with van der Waals surface area (Å²) in [6.45, 7) is 6.20. The van der Waals surface area contributed by atoms with Crippen molar-refractivity contribution in [3.05, 3.63) is 48.5 Å². The maximum Gasteiger partial charge on any atom is 0.251 e. The molecule has 0 aliphatic carbocycles. The minimum Gasteiger partial charge on any atom is -0.244 e. The van der Waals surface area contributed by atoms with Crippen LogP contribution in [0.15, 0.2) is 42.9 Å². The summed E-state index contributed by atoms with van der Waals surface area (Å²) in [6.07, 6.45) is 5.12. The van der Waals surface area contributed by atoms with Crippen molar-refractivity contribution in [3.8, 4) is 17.3 Å². The molecule has 0 bridgehead atoms. The first kappa shape index (κ1) is 14.5. The Kier molecular flexibility index (Phi) is 3.34. The smallest absolute Gasteiger partial charge is 0.244 e. The van der Waals surface area contributed by atoms with Gasteiger partial charge in [0.2, 0.25) is 0 Å². The van der Waals surface area contributed by atoms with E-state index in [0.717, 1.165) is 28.1 Å². The molecule has 120 valence electrons. The second-order valence-corrected chi connectivity index (χ2v) is 5.87. The molecule has 0 fully saturated rings. The molecule has 4 rings (SSSR count). The summed E-state index contributed by atoms with van der Waals surface area (Å²) >= 11 is 0. The summed E-state index contributed by atoms with van der Waals surface area (Å²) in [6, 6.07) is 7.97. The molecule has 4 heterocycles. The molecule has 0 aliphatic rings. The van der Waals surface area contributed by atoms with E-state index in [1.807, 2.05) is 23.7 Å². The minimum absolute atomic E-state index is 0.242. The van der Waals surface area contributed by atoms with Gasteiger partial charge in [-0.3, -0.25) is 0 Å². The number of hydrogen-bond donors (Lipinski definition) is 0. The first-order valence-corrected chi connectivity index (χ1v) is 7.83. The van der Waals surface area contributed by atoms with Gasteiger partial charge in [0.15, 0.2) is 5.65 Å². The summed E-state index contributed by atoms with van der Waals surface area (Å²) in [7, 11) is 0. The van der Waals surface area contributed by atoms with Crippen LogP contribution in [0.1, 0.15) is 25.6 Å². The predicted octanol–water partition coefficient (Wildman–Crippen LogP) is 2.96. The van der Waals surface area contributed by atoms with Gasteiger partial charge in [0, 0.05) is 23.8 Å². The Morgan fingerprint density at radius 2 is 1.79 bits per heavy atom. The second-order valence-electron chi connectivity index (χ2n) is 5.87. The van der Waals surface area contributed by atoms with Crippen LogP contribution in [0.4, 0.5) is 0 Å². The van der Waals surface area contributed by atoms with Crippen molar-refractivity contribution in [1.29, 1.82) is 0 Å². The lowest BCUT2D eigenvalue weighted by Gasteiger charge is -2.08. The van der Waals surface area contributed by atoms with Crippen LogP contribution in [-0.4, -0.2) is 34.5 Å². The van der Waals surface area contributed by atoms with E-state index in [9.17, 15) is 0 Å². The van der Waals surface area contributed by atoms with E-state index in [0.29, 0.717) is 5.95 Å². The molecule has 0 N–H and O–H groups in total. The Morgan fingerprint density at radius 1 is 1.00 bits per heavy atom. The highest BCUT2D eigenvalue weighted by atomic mass is 15.4. The van der Waals surface area contributed by atoms with Crippen molar-refractivity contribution >= 4 is 11.0 Å². The SMILES string of the molecule is Cc1nn(C(C)C)c2nc(-c3ccnn3-c3ncccn3)ccc12. The molecule has 4 aromatic heterocycles. The van der Waals surface area contributed by atoms with Gasteiger partial charge >= 0.3 is 0 Å². The van der Waals surface area contributed by atoms with Gasteiger partial charge in [0.25, 0.3) is 5.95 Å². The summed E-state index contributed by atoms with van der Waals surface area (Å²) in [5, 5.41) is 10.00. The standard InChI is InChI=1S/C17H17N7/c1-11(2)23-16-13(12(3)22-23)5-6-14(21-16)15-7-10-20-24(15)17-18-8-4-9-19-17/h4-11H,1-3H3. The fraction of sp³-hybridized carbons (Fsp3) is 0.235. The quantitative estimate of drug-likeness (QED) is 0.580. The first-order valence-electron chi connectivity index (χ1n) is 7.83. The van der Waals surface area contributed by atoms with Crippen molar-refractivity contribution < 1.29 is 0 Å².